The standard InChI is InChI=1S/C10H13NO2S2/c1-6-5-14-9(11-6)15-10(2,8(12)13)7-3-4-7/h5,7H,3-4H2,1-2H3,(H,12,13). The molecule has 0 spiro atoms. The molecule has 1 saturated carbocycles. The highest BCUT2D eigenvalue weighted by atomic mass is 32.2. The highest BCUT2D eigenvalue weighted by molar-refractivity contribution is 8.03. The number of thioether (sulfide) groups is 1. The molecule has 1 aromatic heterocycles. The van der Waals surface area contributed by atoms with Gasteiger partial charge in [0.05, 0.1) is 0 Å². The number of aliphatic carboxylic acids is 1. The zero-order valence-corrected chi connectivity index (χ0v) is 10.3. The predicted molar refractivity (Wildman–Crippen MR) is 61.5 cm³/mol. The van der Waals surface area contributed by atoms with Crippen molar-refractivity contribution in [2.24, 2.45) is 5.92 Å². The molecule has 82 valence electrons. The van der Waals surface area contributed by atoms with E-state index in [4.69, 9.17) is 0 Å². The van der Waals surface area contributed by atoms with Crippen LogP contribution in [0.1, 0.15) is 25.5 Å². The van der Waals surface area contributed by atoms with Crippen LogP contribution >= 0.6 is 23.1 Å². The minimum absolute atomic E-state index is 0.309. The molecule has 0 saturated heterocycles. The molecule has 15 heavy (non-hydrogen) atoms. The summed E-state index contributed by atoms with van der Waals surface area (Å²) in [6.45, 7) is 3.74. The summed E-state index contributed by atoms with van der Waals surface area (Å²) in [6.07, 6.45) is 2.06. The minimum atomic E-state index is -0.720. The van der Waals surface area contributed by atoms with Crippen molar-refractivity contribution in [3.63, 3.8) is 0 Å². The highest BCUT2D eigenvalue weighted by Gasteiger charge is 2.48. The van der Waals surface area contributed by atoms with Crippen molar-refractivity contribution < 1.29 is 9.90 Å². The zero-order chi connectivity index (χ0) is 11.1. The number of hydrogen-bond acceptors (Lipinski definition) is 4. The van der Waals surface area contributed by atoms with Gasteiger partial charge in [0.1, 0.15) is 4.75 Å². The number of nitrogens with zero attached hydrogens (tertiary/aromatic N) is 1. The molecular weight excluding hydrogens is 230 g/mol. The summed E-state index contributed by atoms with van der Waals surface area (Å²) >= 11 is 2.93. The monoisotopic (exact) mass is 243 g/mol. The van der Waals surface area contributed by atoms with Gasteiger partial charge in [0, 0.05) is 11.1 Å². The number of aromatic nitrogens is 1. The number of thiazole rings is 1. The fourth-order valence-corrected chi connectivity index (χ4v) is 3.92. The Kier molecular flexibility index (Phi) is 2.77. The molecule has 1 fully saturated rings. The second kappa shape index (κ2) is 3.79. The summed E-state index contributed by atoms with van der Waals surface area (Å²) in [7, 11) is 0. The third-order valence-corrected chi connectivity index (χ3v) is 5.17. The molecule has 0 radical (unpaired) electrons. The van der Waals surface area contributed by atoms with Crippen LogP contribution in [0.25, 0.3) is 0 Å². The SMILES string of the molecule is Cc1csc(SC(C)(C(=O)O)C2CC2)n1. The van der Waals surface area contributed by atoms with E-state index in [1.54, 1.807) is 0 Å². The van der Waals surface area contributed by atoms with Crippen LogP contribution in [-0.2, 0) is 4.79 Å². The lowest BCUT2D eigenvalue weighted by Gasteiger charge is -2.22. The second-order valence-electron chi connectivity index (χ2n) is 4.04. The maximum absolute atomic E-state index is 11.3. The first kappa shape index (κ1) is 11.0. The summed E-state index contributed by atoms with van der Waals surface area (Å²) in [6, 6.07) is 0. The van der Waals surface area contributed by atoms with Gasteiger partial charge in [0.2, 0.25) is 0 Å². The molecule has 5 heteroatoms. The summed E-state index contributed by atoms with van der Waals surface area (Å²) in [4.78, 5) is 15.6. The fraction of sp³-hybridized carbons (Fsp3) is 0.600. The summed E-state index contributed by atoms with van der Waals surface area (Å²) in [5.41, 5.74) is 0.964. The molecular formula is C10H13NO2S2. The van der Waals surface area contributed by atoms with Gasteiger partial charge in [0.25, 0.3) is 0 Å². The molecule has 1 N–H and O–H groups in total. The van der Waals surface area contributed by atoms with Gasteiger partial charge in [-0.05, 0) is 32.6 Å². The largest absolute Gasteiger partial charge is 0.480 e. The molecule has 0 bridgehead atoms. The number of hydrogen-bond donors (Lipinski definition) is 1. The van der Waals surface area contributed by atoms with Gasteiger partial charge >= 0.3 is 5.97 Å². The lowest BCUT2D eigenvalue weighted by Crippen LogP contribution is -2.33. The van der Waals surface area contributed by atoms with E-state index in [1.165, 1.54) is 23.1 Å². The molecule has 1 aliphatic carbocycles. The molecule has 0 amide bonds. The van der Waals surface area contributed by atoms with Gasteiger partial charge in [-0.15, -0.1) is 11.3 Å². The molecule has 1 aromatic rings. The third-order valence-electron chi connectivity index (χ3n) is 2.68. The predicted octanol–water partition coefficient (Wildman–Crippen LogP) is 2.80. The van der Waals surface area contributed by atoms with Gasteiger partial charge in [0.15, 0.2) is 4.34 Å². The van der Waals surface area contributed by atoms with Gasteiger partial charge in [-0.3, -0.25) is 4.79 Å². The molecule has 0 aromatic carbocycles. The van der Waals surface area contributed by atoms with E-state index in [0.717, 1.165) is 22.9 Å². The number of rotatable bonds is 4. The molecule has 1 atom stereocenters. The third kappa shape index (κ3) is 2.18. The molecule has 1 unspecified atom stereocenters. The first-order valence-corrected chi connectivity index (χ1v) is 6.56. The lowest BCUT2D eigenvalue weighted by molar-refractivity contribution is -0.139. The van der Waals surface area contributed by atoms with E-state index in [2.05, 4.69) is 4.98 Å². The molecule has 2 rings (SSSR count). The Bertz CT molecular complexity index is 387. The Morgan fingerprint density at radius 1 is 1.73 bits per heavy atom. The highest BCUT2D eigenvalue weighted by Crippen LogP contribution is 2.50. The van der Waals surface area contributed by atoms with Gasteiger partial charge in [-0.1, -0.05) is 11.8 Å². The van der Waals surface area contributed by atoms with E-state index in [0.29, 0.717) is 5.92 Å². The van der Waals surface area contributed by atoms with E-state index < -0.39 is 10.7 Å². The average Bonchev–Trinajstić information content (AvgIpc) is 2.92. The Hall–Kier alpha value is -0.550. The Balaban J connectivity index is 2.16. The summed E-state index contributed by atoms with van der Waals surface area (Å²) < 4.78 is 0.175. The lowest BCUT2D eigenvalue weighted by atomic mass is 10.1. The quantitative estimate of drug-likeness (QED) is 0.826. The normalized spacial score (nSPS) is 19.9. The smallest absolute Gasteiger partial charge is 0.320 e. The van der Waals surface area contributed by atoms with Crippen LogP contribution in [0.3, 0.4) is 0 Å². The van der Waals surface area contributed by atoms with Crippen LogP contribution < -0.4 is 0 Å². The summed E-state index contributed by atoms with van der Waals surface area (Å²) in [5, 5.41) is 11.2. The first-order chi connectivity index (χ1) is 7.02. The molecule has 3 nitrogen and oxygen atoms in total. The molecule has 0 aliphatic heterocycles. The maximum Gasteiger partial charge on any atom is 0.320 e. The van der Waals surface area contributed by atoms with E-state index in [-0.39, 0.29) is 0 Å². The molecule has 1 aliphatic rings. The van der Waals surface area contributed by atoms with Crippen LogP contribution in [0.4, 0.5) is 0 Å². The molecule has 1 heterocycles. The van der Waals surface area contributed by atoms with Crippen LogP contribution in [-0.4, -0.2) is 20.8 Å². The van der Waals surface area contributed by atoms with Crippen molar-refractivity contribution >= 4 is 29.1 Å². The number of aryl methyl sites for hydroxylation is 1. The van der Waals surface area contributed by atoms with Gasteiger partial charge in [-0.2, -0.15) is 0 Å². The Morgan fingerprint density at radius 2 is 2.40 bits per heavy atom. The summed E-state index contributed by atoms with van der Waals surface area (Å²) in [5.74, 6) is -0.410. The number of carboxylic acid groups (broad SMARTS) is 1. The van der Waals surface area contributed by atoms with Crippen molar-refractivity contribution in [3.8, 4) is 0 Å². The van der Waals surface area contributed by atoms with Crippen LogP contribution in [0.5, 0.6) is 0 Å². The van der Waals surface area contributed by atoms with Crippen molar-refractivity contribution in [1.29, 1.82) is 0 Å². The Morgan fingerprint density at radius 3 is 2.80 bits per heavy atom. The van der Waals surface area contributed by atoms with Crippen molar-refractivity contribution in [2.45, 2.75) is 35.8 Å². The van der Waals surface area contributed by atoms with E-state index >= 15 is 0 Å². The van der Waals surface area contributed by atoms with Crippen molar-refractivity contribution in [1.82, 2.24) is 4.98 Å². The second-order valence-corrected chi connectivity index (χ2v) is 6.60. The van der Waals surface area contributed by atoms with Crippen molar-refractivity contribution in [2.75, 3.05) is 0 Å². The minimum Gasteiger partial charge on any atom is -0.480 e. The fourth-order valence-electron chi connectivity index (χ4n) is 1.50. The Labute approximate surface area is 96.9 Å². The van der Waals surface area contributed by atoms with Gasteiger partial charge in [-0.25, -0.2) is 4.98 Å². The van der Waals surface area contributed by atoms with Gasteiger partial charge < -0.3 is 5.11 Å². The van der Waals surface area contributed by atoms with Crippen LogP contribution in [0.15, 0.2) is 9.72 Å². The number of carbonyl (C=O) groups is 1. The topological polar surface area (TPSA) is 50.2 Å². The van der Waals surface area contributed by atoms with Crippen molar-refractivity contribution in [3.05, 3.63) is 11.1 Å². The van der Waals surface area contributed by atoms with E-state index in [1.807, 2.05) is 19.2 Å². The zero-order valence-electron chi connectivity index (χ0n) is 8.69. The van der Waals surface area contributed by atoms with E-state index in [9.17, 15) is 9.90 Å². The average molecular weight is 243 g/mol. The first-order valence-electron chi connectivity index (χ1n) is 4.87. The van der Waals surface area contributed by atoms with Crippen LogP contribution in [0, 0.1) is 12.8 Å². The maximum atomic E-state index is 11.3. The van der Waals surface area contributed by atoms with Crippen LogP contribution in [0.2, 0.25) is 0 Å². The number of carboxylic acids is 1.